The summed E-state index contributed by atoms with van der Waals surface area (Å²) in [7, 11) is 0. The van der Waals surface area contributed by atoms with Gasteiger partial charge in [-0.3, -0.25) is 4.79 Å². The molecular formula is C30H20N2O5. The summed E-state index contributed by atoms with van der Waals surface area (Å²) < 4.78 is 7.04. The second kappa shape index (κ2) is 10.1. The second-order valence-corrected chi connectivity index (χ2v) is 8.07. The number of carbonyl (C=O) groups is 3. The van der Waals surface area contributed by atoms with Crippen molar-refractivity contribution in [2.45, 2.75) is 0 Å². The van der Waals surface area contributed by atoms with Gasteiger partial charge in [0, 0.05) is 11.1 Å². The average molecular weight is 488 g/mol. The van der Waals surface area contributed by atoms with E-state index >= 15 is 0 Å². The summed E-state index contributed by atoms with van der Waals surface area (Å²) in [5.74, 6) is -2.75. The number of aromatic nitrogens is 2. The zero-order chi connectivity index (χ0) is 25.8. The van der Waals surface area contributed by atoms with Crippen LogP contribution in [0.1, 0.15) is 36.8 Å². The highest BCUT2D eigenvalue weighted by atomic mass is 16.5. The Balaban J connectivity index is 1.75. The third kappa shape index (κ3) is 4.66. The van der Waals surface area contributed by atoms with Crippen molar-refractivity contribution in [3.05, 3.63) is 138 Å². The molecule has 7 heteroatoms. The fourth-order valence-electron chi connectivity index (χ4n) is 4.01. The number of benzene rings is 4. The Morgan fingerprint density at radius 3 is 1.92 bits per heavy atom. The first-order valence-corrected chi connectivity index (χ1v) is 11.4. The van der Waals surface area contributed by atoms with Crippen molar-refractivity contribution in [3.8, 4) is 22.7 Å². The summed E-state index contributed by atoms with van der Waals surface area (Å²) in [5.41, 5.74) is 1.73. The Labute approximate surface area is 212 Å². The molecule has 0 atom stereocenters. The zero-order valence-electron chi connectivity index (χ0n) is 19.4. The van der Waals surface area contributed by atoms with E-state index in [1.54, 1.807) is 36.4 Å². The monoisotopic (exact) mass is 488 g/mol. The van der Waals surface area contributed by atoms with Crippen LogP contribution in [-0.2, 0) is 0 Å². The first-order valence-electron chi connectivity index (χ1n) is 11.4. The number of carboxylic acid groups (broad SMARTS) is 1. The van der Waals surface area contributed by atoms with Crippen LogP contribution in [-0.4, -0.2) is 32.6 Å². The van der Waals surface area contributed by atoms with Crippen LogP contribution in [0.5, 0.6) is 5.75 Å². The molecule has 5 aromatic rings. The molecule has 5 rings (SSSR count). The van der Waals surface area contributed by atoms with Crippen LogP contribution in [0, 0.1) is 0 Å². The first kappa shape index (κ1) is 23.4. The largest absolute Gasteiger partial charge is 0.478 e. The van der Waals surface area contributed by atoms with E-state index in [9.17, 15) is 19.5 Å². The molecule has 0 unspecified atom stereocenters. The van der Waals surface area contributed by atoms with Crippen LogP contribution in [0.3, 0.4) is 0 Å². The highest BCUT2D eigenvalue weighted by Gasteiger charge is 2.31. The molecule has 4 aromatic carbocycles. The lowest BCUT2D eigenvalue weighted by atomic mass is 9.97. The number of carboxylic acids is 1. The third-order valence-corrected chi connectivity index (χ3v) is 5.71. The number of hydrogen-bond acceptors (Lipinski definition) is 5. The minimum absolute atomic E-state index is 0.0547. The fraction of sp³-hybridized carbons (Fsp3) is 0. The minimum atomic E-state index is -1.25. The number of aromatic carboxylic acids is 1. The van der Waals surface area contributed by atoms with Crippen molar-refractivity contribution in [2.24, 2.45) is 0 Å². The number of rotatable bonds is 7. The molecule has 0 aliphatic rings. The van der Waals surface area contributed by atoms with Gasteiger partial charge in [-0.15, -0.1) is 0 Å². The number of esters is 1. The molecule has 1 N–H and O–H groups in total. The molecule has 0 saturated heterocycles. The van der Waals surface area contributed by atoms with Gasteiger partial charge in [0.15, 0.2) is 11.5 Å². The van der Waals surface area contributed by atoms with E-state index in [2.05, 4.69) is 5.10 Å². The van der Waals surface area contributed by atoms with Gasteiger partial charge in [-0.05, 0) is 24.3 Å². The van der Waals surface area contributed by atoms with E-state index in [4.69, 9.17) is 4.74 Å². The van der Waals surface area contributed by atoms with E-state index in [1.165, 1.54) is 22.9 Å². The molecule has 0 bridgehead atoms. The van der Waals surface area contributed by atoms with E-state index in [0.29, 0.717) is 22.5 Å². The maximum Gasteiger partial charge on any atom is 0.365 e. The number of para-hydroxylation sites is 2. The quantitative estimate of drug-likeness (QED) is 0.180. The van der Waals surface area contributed by atoms with Crippen LogP contribution in [0.25, 0.3) is 16.9 Å². The van der Waals surface area contributed by atoms with Gasteiger partial charge >= 0.3 is 11.9 Å². The SMILES string of the molecule is O=C(O)c1ccccc1OC(=O)c1nn(-c2ccccc2)c(-c2ccccc2)c1C(=O)c1ccccc1. The molecule has 0 aliphatic heterocycles. The highest BCUT2D eigenvalue weighted by Crippen LogP contribution is 2.32. The lowest BCUT2D eigenvalue weighted by Crippen LogP contribution is -2.16. The van der Waals surface area contributed by atoms with E-state index in [1.807, 2.05) is 60.7 Å². The van der Waals surface area contributed by atoms with Gasteiger partial charge < -0.3 is 9.84 Å². The predicted octanol–water partition coefficient (Wildman–Crippen LogP) is 5.69. The van der Waals surface area contributed by atoms with Crippen molar-refractivity contribution in [2.75, 3.05) is 0 Å². The summed E-state index contributed by atoms with van der Waals surface area (Å²) in [5, 5.41) is 14.1. The second-order valence-electron chi connectivity index (χ2n) is 8.07. The van der Waals surface area contributed by atoms with Gasteiger partial charge in [0.2, 0.25) is 0 Å². The molecule has 7 nitrogen and oxygen atoms in total. The van der Waals surface area contributed by atoms with Crippen molar-refractivity contribution < 1.29 is 24.2 Å². The van der Waals surface area contributed by atoms with E-state index in [0.717, 1.165) is 0 Å². The van der Waals surface area contributed by atoms with Crippen molar-refractivity contribution in [1.82, 2.24) is 9.78 Å². The molecule has 0 aliphatic carbocycles. The molecule has 1 aromatic heterocycles. The normalized spacial score (nSPS) is 10.6. The van der Waals surface area contributed by atoms with Crippen molar-refractivity contribution in [1.29, 1.82) is 0 Å². The Bertz CT molecular complexity index is 1590. The van der Waals surface area contributed by atoms with Gasteiger partial charge in [0.1, 0.15) is 11.3 Å². The summed E-state index contributed by atoms with van der Waals surface area (Å²) in [4.78, 5) is 39.1. The molecule has 0 saturated carbocycles. The lowest BCUT2D eigenvalue weighted by molar-refractivity contribution is 0.0678. The molecule has 0 fully saturated rings. The molecule has 0 radical (unpaired) electrons. The molecule has 37 heavy (non-hydrogen) atoms. The van der Waals surface area contributed by atoms with Crippen molar-refractivity contribution in [3.63, 3.8) is 0 Å². The van der Waals surface area contributed by atoms with Gasteiger partial charge in [-0.25, -0.2) is 14.3 Å². The van der Waals surface area contributed by atoms with Crippen LogP contribution in [0.4, 0.5) is 0 Å². The van der Waals surface area contributed by atoms with Gasteiger partial charge in [0.05, 0.1) is 16.9 Å². The molecule has 1 heterocycles. The van der Waals surface area contributed by atoms with Crippen molar-refractivity contribution >= 4 is 17.7 Å². The Hall–Kier alpha value is -5.30. The van der Waals surface area contributed by atoms with E-state index < -0.39 is 17.7 Å². The predicted molar refractivity (Wildman–Crippen MR) is 137 cm³/mol. The average Bonchev–Trinajstić information content (AvgIpc) is 3.35. The Morgan fingerprint density at radius 1 is 0.703 bits per heavy atom. The number of carbonyl (C=O) groups excluding carboxylic acids is 2. The summed E-state index contributed by atoms with van der Waals surface area (Å²) in [6.45, 7) is 0. The van der Waals surface area contributed by atoms with Crippen LogP contribution < -0.4 is 4.74 Å². The molecule has 0 spiro atoms. The summed E-state index contributed by atoms with van der Waals surface area (Å²) in [6.07, 6.45) is 0. The van der Waals surface area contributed by atoms with Crippen LogP contribution >= 0.6 is 0 Å². The standard InChI is InChI=1S/C30H20N2O5/c33-28(21-14-6-2-7-15-21)25-26(30(36)37-24-19-11-10-18-23(24)29(34)35)31-32(22-16-8-3-9-17-22)27(25)20-12-4-1-5-13-20/h1-19H,(H,34,35). The number of hydrogen-bond donors (Lipinski definition) is 1. The minimum Gasteiger partial charge on any atom is -0.478 e. The molecular weight excluding hydrogens is 468 g/mol. The Morgan fingerprint density at radius 2 is 1.27 bits per heavy atom. The third-order valence-electron chi connectivity index (χ3n) is 5.71. The smallest absolute Gasteiger partial charge is 0.365 e. The maximum atomic E-state index is 13.9. The zero-order valence-corrected chi connectivity index (χ0v) is 19.4. The Kier molecular flexibility index (Phi) is 6.42. The highest BCUT2D eigenvalue weighted by molar-refractivity contribution is 6.17. The van der Waals surface area contributed by atoms with Gasteiger partial charge in [-0.1, -0.05) is 91.0 Å². The number of ketones is 1. The van der Waals surface area contributed by atoms with Crippen LogP contribution in [0.15, 0.2) is 115 Å². The van der Waals surface area contributed by atoms with Gasteiger partial charge in [0.25, 0.3) is 0 Å². The topological polar surface area (TPSA) is 98.5 Å². The fourth-order valence-corrected chi connectivity index (χ4v) is 4.01. The lowest BCUT2D eigenvalue weighted by Gasteiger charge is -2.10. The summed E-state index contributed by atoms with van der Waals surface area (Å²) >= 11 is 0. The van der Waals surface area contributed by atoms with Gasteiger partial charge in [-0.2, -0.15) is 5.10 Å². The maximum absolute atomic E-state index is 13.9. The molecule has 0 amide bonds. The van der Waals surface area contributed by atoms with E-state index in [-0.39, 0.29) is 22.6 Å². The number of ether oxygens (including phenoxy) is 1. The summed E-state index contributed by atoms with van der Waals surface area (Å²) in [6, 6.07) is 32.7. The van der Waals surface area contributed by atoms with Crippen LogP contribution in [0.2, 0.25) is 0 Å². The first-order chi connectivity index (χ1) is 18.0. The number of nitrogens with zero attached hydrogens (tertiary/aromatic N) is 2. The molecule has 180 valence electrons.